The average molecular weight is 523 g/mol. The molecule has 0 bridgehead atoms. The Bertz CT molecular complexity index is 1440. The Balaban J connectivity index is 1.07. The molecule has 7 heteroatoms. The largest absolute Gasteiger partial charge is 0.445 e. The van der Waals surface area contributed by atoms with Gasteiger partial charge in [0.25, 0.3) is 5.91 Å². The van der Waals surface area contributed by atoms with E-state index in [0.29, 0.717) is 18.7 Å². The van der Waals surface area contributed by atoms with Crippen LogP contribution in [0.5, 0.6) is 0 Å². The van der Waals surface area contributed by atoms with Crippen molar-refractivity contribution in [3.8, 4) is 0 Å². The number of hydrogen-bond acceptors (Lipinski definition) is 4. The topological polar surface area (TPSA) is 77.7 Å². The molecule has 0 radical (unpaired) electrons. The minimum Gasteiger partial charge on any atom is -0.445 e. The molecule has 7 nitrogen and oxygen atoms in total. The molecule has 0 saturated carbocycles. The van der Waals surface area contributed by atoms with Crippen molar-refractivity contribution in [2.75, 3.05) is 19.6 Å². The molecule has 2 amide bonds. The van der Waals surface area contributed by atoms with Gasteiger partial charge in [0.2, 0.25) is 0 Å². The van der Waals surface area contributed by atoms with E-state index in [0.717, 1.165) is 66.6 Å². The number of nitrogens with one attached hydrogen (secondary N) is 2. The molecule has 2 aliphatic heterocycles. The van der Waals surface area contributed by atoms with Crippen LogP contribution in [-0.4, -0.2) is 52.5 Å². The zero-order valence-corrected chi connectivity index (χ0v) is 22.1. The highest BCUT2D eigenvalue weighted by Gasteiger charge is 2.26. The molecule has 0 aliphatic carbocycles. The van der Waals surface area contributed by atoms with Gasteiger partial charge in [-0.25, -0.2) is 4.79 Å². The first-order valence-electron chi connectivity index (χ1n) is 13.8. The predicted octanol–water partition coefficient (Wildman–Crippen LogP) is 5.26. The minimum atomic E-state index is -0.314. The molecule has 1 aromatic heterocycles. The molecule has 0 unspecified atom stereocenters. The lowest BCUT2D eigenvalue weighted by atomic mass is 10.0. The predicted molar refractivity (Wildman–Crippen MR) is 151 cm³/mol. The van der Waals surface area contributed by atoms with Crippen molar-refractivity contribution in [2.45, 2.75) is 45.0 Å². The van der Waals surface area contributed by atoms with E-state index in [1.165, 1.54) is 5.56 Å². The second-order valence-electron chi connectivity index (χ2n) is 10.6. The smallest absolute Gasteiger partial charge is 0.410 e. The number of nitrogens with zero attached hydrogens (tertiary/aromatic N) is 2. The van der Waals surface area contributed by atoms with E-state index in [9.17, 15) is 9.59 Å². The molecule has 3 aromatic carbocycles. The summed E-state index contributed by atoms with van der Waals surface area (Å²) in [6.07, 6.45) is 2.31. The van der Waals surface area contributed by atoms with Crippen LogP contribution in [0, 0.1) is 0 Å². The fourth-order valence-electron chi connectivity index (χ4n) is 5.67. The van der Waals surface area contributed by atoms with E-state index in [4.69, 9.17) is 4.74 Å². The van der Waals surface area contributed by atoms with Crippen molar-refractivity contribution < 1.29 is 14.3 Å². The van der Waals surface area contributed by atoms with Crippen LogP contribution in [-0.2, 0) is 30.9 Å². The Kier molecular flexibility index (Phi) is 7.32. The third-order valence-electron chi connectivity index (χ3n) is 7.87. The van der Waals surface area contributed by atoms with Gasteiger partial charge in [-0.1, -0.05) is 60.7 Å². The number of piperidine rings is 1. The standard InChI is InChI=1S/C32H34N4O3/c37-31(33-26-13-16-35(17-14-26)20-23-7-3-1-4-8-23)25-11-12-29-27(19-25)28-21-36(18-15-30(28)34-29)32(38)39-22-24-9-5-2-6-10-24/h1-12,19,26,34H,13-18,20-22H2,(H,33,37). The monoisotopic (exact) mass is 522 g/mol. The maximum absolute atomic E-state index is 13.2. The minimum absolute atomic E-state index is 0.0386. The Morgan fingerprint density at radius 1 is 0.897 bits per heavy atom. The number of likely N-dealkylation sites (tertiary alicyclic amines) is 1. The maximum atomic E-state index is 13.2. The third kappa shape index (κ3) is 5.83. The highest BCUT2D eigenvalue weighted by atomic mass is 16.6. The molecular weight excluding hydrogens is 488 g/mol. The number of benzene rings is 3. The van der Waals surface area contributed by atoms with E-state index in [-0.39, 0.29) is 24.6 Å². The quantitative estimate of drug-likeness (QED) is 0.362. The van der Waals surface area contributed by atoms with Crippen LogP contribution in [0.2, 0.25) is 0 Å². The lowest BCUT2D eigenvalue weighted by Gasteiger charge is -2.32. The second kappa shape index (κ2) is 11.3. The lowest BCUT2D eigenvalue weighted by Crippen LogP contribution is -2.44. The first-order chi connectivity index (χ1) is 19.1. The number of amides is 2. The first kappa shape index (κ1) is 25.2. The molecule has 2 N–H and O–H groups in total. The Morgan fingerprint density at radius 3 is 2.36 bits per heavy atom. The molecule has 39 heavy (non-hydrogen) atoms. The molecule has 6 rings (SSSR count). The van der Waals surface area contributed by atoms with Crippen LogP contribution in [0.4, 0.5) is 4.79 Å². The molecule has 4 aromatic rings. The number of fused-ring (bicyclic) bond motifs is 3. The van der Waals surface area contributed by atoms with Gasteiger partial charge in [0.1, 0.15) is 6.61 Å². The Labute approximate surface area is 228 Å². The van der Waals surface area contributed by atoms with Gasteiger partial charge in [-0.2, -0.15) is 0 Å². The summed E-state index contributed by atoms with van der Waals surface area (Å²) >= 11 is 0. The Hall–Kier alpha value is -4.10. The summed E-state index contributed by atoms with van der Waals surface area (Å²) in [4.78, 5) is 33.7. The van der Waals surface area contributed by atoms with Crippen molar-refractivity contribution in [3.05, 3.63) is 107 Å². The average Bonchev–Trinajstić information content (AvgIpc) is 3.35. The van der Waals surface area contributed by atoms with Crippen molar-refractivity contribution in [2.24, 2.45) is 0 Å². The number of carbonyl (C=O) groups is 2. The fourth-order valence-corrected chi connectivity index (χ4v) is 5.67. The number of rotatable bonds is 6. The summed E-state index contributed by atoms with van der Waals surface area (Å²) in [7, 11) is 0. The summed E-state index contributed by atoms with van der Waals surface area (Å²) in [6.45, 7) is 4.22. The molecule has 0 spiro atoms. The van der Waals surface area contributed by atoms with Crippen LogP contribution in [0.15, 0.2) is 78.9 Å². The van der Waals surface area contributed by atoms with Gasteiger partial charge in [-0.3, -0.25) is 9.69 Å². The van der Waals surface area contributed by atoms with E-state index in [1.807, 2.05) is 54.6 Å². The van der Waals surface area contributed by atoms with Crippen molar-refractivity contribution in [1.29, 1.82) is 0 Å². The molecule has 3 heterocycles. The summed E-state index contributed by atoms with van der Waals surface area (Å²) in [5, 5.41) is 4.25. The summed E-state index contributed by atoms with van der Waals surface area (Å²) in [5.74, 6) is -0.0386. The van der Waals surface area contributed by atoms with E-state index >= 15 is 0 Å². The van der Waals surface area contributed by atoms with Crippen molar-refractivity contribution in [3.63, 3.8) is 0 Å². The Morgan fingerprint density at radius 2 is 1.62 bits per heavy atom. The highest BCUT2D eigenvalue weighted by molar-refractivity contribution is 5.99. The molecule has 2 aliphatic rings. The number of aromatic nitrogens is 1. The molecular formula is C32H34N4O3. The molecule has 1 saturated heterocycles. The zero-order valence-electron chi connectivity index (χ0n) is 22.1. The van der Waals surface area contributed by atoms with Crippen molar-refractivity contribution >= 4 is 22.9 Å². The number of ether oxygens (including phenoxy) is 1. The van der Waals surface area contributed by atoms with Gasteiger partial charge in [0.05, 0.1) is 6.54 Å². The molecule has 200 valence electrons. The van der Waals surface area contributed by atoms with E-state index in [1.54, 1.807) is 4.90 Å². The maximum Gasteiger partial charge on any atom is 0.410 e. The van der Waals surface area contributed by atoms with Crippen LogP contribution in [0.25, 0.3) is 10.9 Å². The number of H-pyrrole nitrogens is 1. The zero-order chi connectivity index (χ0) is 26.6. The summed E-state index contributed by atoms with van der Waals surface area (Å²) in [5.41, 5.74) is 6.13. The van der Waals surface area contributed by atoms with Gasteiger partial charge >= 0.3 is 6.09 Å². The van der Waals surface area contributed by atoms with Crippen molar-refractivity contribution in [1.82, 2.24) is 20.1 Å². The normalized spacial score (nSPS) is 16.2. The fraction of sp³-hybridized carbons (Fsp3) is 0.312. The highest BCUT2D eigenvalue weighted by Crippen LogP contribution is 2.29. The lowest BCUT2D eigenvalue weighted by molar-refractivity contribution is 0.0904. The van der Waals surface area contributed by atoms with Crippen LogP contribution in [0.1, 0.15) is 45.6 Å². The van der Waals surface area contributed by atoms with Gasteiger partial charge < -0.3 is 19.9 Å². The summed E-state index contributed by atoms with van der Waals surface area (Å²) < 4.78 is 5.57. The SMILES string of the molecule is O=C(NC1CCN(Cc2ccccc2)CC1)c1ccc2[nH]c3c(c2c1)CN(C(=O)OCc1ccccc1)CC3. The molecule has 0 atom stereocenters. The molecule has 1 fully saturated rings. The van der Waals surface area contributed by atoms with Gasteiger partial charge in [-0.05, 0) is 42.2 Å². The summed E-state index contributed by atoms with van der Waals surface area (Å²) in [6, 6.07) is 26.2. The van der Waals surface area contributed by atoms with Gasteiger partial charge in [-0.15, -0.1) is 0 Å². The van der Waals surface area contributed by atoms with Crippen LogP contribution < -0.4 is 5.32 Å². The van der Waals surface area contributed by atoms with Crippen LogP contribution in [0.3, 0.4) is 0 Å². The first-order valence-corrected chi connectivity index (χ1v) is 13.8. The third-order valence-corrected chi connectivity index (χ3v) is 7.87. The van der Waals surface area contributed by atoms with E-state index < -0.39 is 0 Å². The van der Waals surface area contributed by atoms with Crippen LogP contribution >= 0.6 is 0 Å². The number of carbonyl (C=O) groups excluding carboxylic acids is 2. The van der Waals surface area contributed by atoms with E-state index in [2.05, 4.69) is 39.5 Å². The number of hydrogen-bond donors (Lipinski definition) is 2. The van der Waals surface area contributed by atoms with Gasteiger partial charge in [0, 0.05) is 66.4 Å². The number of aromatic amines is 1. The van der Waals surface area contributed by atoms with Gasteiger partial charge in [0.15, 0.2) is 0 Å². The second-order valence-corrected chi connectivity index (χ2v) is 10.6.